The van der Waals surface area contributed by atoms with Crippen LogP contribution < -0.4 is 14.8 Å². The van der Waals surface area contributed by atoms with Crippen LogP contribution in [-0.4, -0.2) is 34.7 Å². The van der Waals surface area contributed by atoms with Crippen LogP contribution in [0.5, 0.6) is 11.5 Å². The number of nitrogens with zero attached hydrogens (tertiary/aromatic N) is 3. The van der Waals surface area contributed by atoms with Crippen LogP contribution in [0.3, 0.4) is 0 Å². The van der Waals surface area contributed by atoms with Crippen molar-refractivity contribution in [3.8, 4) is 22.8 Å². The molecule has 1 amide bonds. The van der Waals surface area contributed by atoms with Crippen LogP contribution in [0.1, 0.15) is 28.9 Å². The maximum atomic E-state index is 13.8. The van der Waals surface area contributed by atoms with Crippen LogP contribution in [-0.2, 0) is 11.2 Å². The average molecular weight is 463 g/mol. The highest BCUT2D eigenvalue weighted by molar-refractivity contribution is 5.90. The first kappa shape index (κ1) is 23.2. The fourth-order valence-electron chi connectivity index (χ4n) is 3.92. The van der Waals surface area contributed by atoms with Crippen LogP contribution in [0.15, 0.2) is 42.5 Å². The van der Waals surface area contributed by atoms with Gasteiger partial charge < -0.3 is 14.8 Å². The molecule has 0 unspecified atom stereocenters. The Morgan fingerprint density at radius 2 is 1.74 bits per heavy atom. The van der Waals surface area contributed by atoms with Crippen molar-refractivity contribution in [3.63, 3.8) is 0 Å². The van der Waals surface area contributed by atoms with Gasteiger partial charge in [-0.3, -0.25) is 4.79 Å². The highest BCUT2D eigenvalue weighted by Gasteiger charge is 2.16. The zero-order valence-corrected chi connectivity index (χ0v) is 19.9. The third-order valence-corrected chi connectivity index (χ3v) is 5.87. The predicted octanol–water partition coefficient (Wildman–Crippen LogP) is 5.05. The number of hydrogen-bond acceptors (Lipinski definition) is 5. The number of anilines is 1. The Hall–Kier alpha value is -3.94. The molecule has 7 nitrogen and oxygen atoms in total. The lowest BCUT2D eigenvalue weighted by Gasteiger charge is -2.11. The van der Waals surface area contributed by atoms with Crippen LogP contribution in [0, 0.1) is 26.6 Å². The monoisotopic (exact) mass is 462 g/mol. The van der Waals surface area contributed by atoms with Gasteiger partial charge in [-0.1, -0.05) is 6.07 Å². The van der Waals surface area contributed by atoms with E-state index in [1.165, 1.54) is 6.07 Å². The van der Waals surface area contributed by atoms with Crippen molar-refractivity contribution in [3.05, 3.63) is 70.8 Å². The van der Waals surface area contributed by atoms with E-state index < -0.39 is 0 Å². The molecule has 0 saturated heterocycles. The number of aryl methyl sites for hydroxylation is 3. The van der Waals surface area contributed by atoms with E-state index in [9.17, 15) is 9.18 Å². The quantitative estimate of drug-likeness (QED) is 0.416. The van der Waals surface area contributed by atoms with Crippen molar-refractivity contribution in [2.24, 2.45) is 0 Å². The number of carbonyl (C=O) groups is 1. The lowest BCUT2D eigenvalue weighted by molar-refractivity contribution is -0.116. The number of benzene rings is 2. The molecule has 176 valence electrons. The number of ether oxygens (including phenoxy) is 2. The van der Waals surface area contributed by atoms with Gasteiger partial charge >= 0.3 is 0 Å². The Kier molecular flexibility index (Phi) is 6.49. The van der Waals surface area contributed by atoms with E-state index in [2.05, 4.69) is 5.32 Å². The number of fused-ring (bicyclic) bond motifs is 1. The molecule has 4 aromatic rings. The maximum absolute atomic E-state index is 13.8. The van der Waals surface area contributed by atoms with Gasteiger partial charge in [-0.2, -0.15) is 5.10 Å². The van der Waals surface area contributed by atoms with Crippen molar-refractivity contribution in [2.75, 3.05) is 19.5 Å². The Labute approximate surface area is 197 Å². The molecule has 0 saturated carbocycles. The summed E-state index contributed by atoms with van der Waals surface area (Å²) in [5, 5.41) is 7.51. The Morgan fingerprint density at radius 3 is 2.38 bits per heavy atom. The van der Waals surface area contributed by atoms with Crippen molar-refractivity contribution < 1.29 is 18.7 Å². The largest absolute Gasteiger partial charge is 0.497 e. The summed E-state index contributed by atoms with van der Waals surface area (Å²) in [5.41, 5.74) is 6.00. The summed E-state index contributed by atoms with van der Waals surface area (Å²) < 4.78 is 26.3. The number of amides is 1. The zero-order chi connectivity index (χ0) is 24.4. The minimum atomic E-state index is -0.345. The van der Waals surface area contributed by atoms with Crippen molar-refractivity contribution in [2.45, 2.75) is 33.6 Å². The summed E-state index contributed by atoms with van der Waals surface area (Å²) >= 11 is 0. The second-order valence-corrected chi connectivity index (χ2v) is 8.17. The van der Waals surface area contributed by atoms with Crippen LogP contribution >= 0.6 is 0 Å². The van der Waals surface area contributed by atoms with Crippen molar-refractivity contribution in [1.82, 2.24) is 14.6 Å². The molecular formula is C26H27FN4O3. The van der Waals surface area contributed by atoms with Gasteiger partial charge in [0.25, 0.3) is 0 Å². The van der Waals surface area contributed by atoms with E-state index in [-0.39, 0.29) is 18.1 Å². The number of carbonyl (C=O) groups excluding carboxylic acids is 1. The van der Waals surface area contributed by atoms with E-state index in [0.29, 0.717) is 29.2 Å². The van der Waals surface area contributed by atoms with Crippen LogP contribution in [0.2, 0.25) is 0 Å². The summed E-state index contributed by atoms with van der Waals surface area (Å²) in [6.45, 7) is 5.57. The summed E-state index contributed by atoms with van der Waals surface area (Å²) in [7, 11) is 3.21. The van der Waals surface area contributed by atoms with E-state index in [1.54, 1.807) is 43.9 Å². The van der Waals surface area contributed by atoms with Gasteiger partial charge in [-0.25, -0.2) is 13.9 Å². The number of aromatic nitrogens is 3. The molecule has 0 fully saturated rings. The van der Waals surface area contributed by atoms with E-state index in [1.807, 2.05) is 32.0 Å². The lowest BCUT2D eigenvalue weighted by Crippen LogP contribution is -2.14. The summed E-state index contributed by atoms with van der Waals surface area (Å²) in [6.07, 6.45) is 0.731. The molecular weight excluding hydrogens is 435 g/mol. The molecule has 0 aliphatic rings. The molecule has 0 radical (unpaired) electrons. The predicted molar refractivity (Wildman–Crippen MR) is 129 cm³/mol. The molecule has 0 aliphatic carbocycles. The van der Waals surface area contributed by atoms with Crippen LogP contribution in [0.25, 0.3) is 16.9 Å². The van der Waals surface area contributed by atoms with E-state index in [0.717, 1.165) is 33.9 Å². The van der Waals surface area contributed by atoms with Gasteiger partial charge in [0.1, 0.15) is 17.3 Å². The Balaban J connectivity index is 1.57. The summed E-state index contributed by atoms with van der Waals surface area (Å²) in [5.74, 6) is 0.814. The highest BCUT2D eigenvalue weighted by Crippen LogP contribution is 2.30. The molecule has 8 heteroatoms. The normalized spacial score (nSPS) is 11.0. The zero-order valence-electron chi connectivity index (χ0n) is 19.9. The number of nitrogens with one attached hydrogen (secondary N) is 1. The van der Waals surface area contributed by atoms with Gasteiger partial charge in [0.15, 0.2) is 5.65 Å². The number of halogens is 1. The molecule has 0 atom stereocenters. The fourth-order valence-corrected chi connectivity index (χ4v) is 3.92. The highest BCUT2D eigenvalue weighted by atomic mass is 19.1. The fraction of sp³-hybridized carbons (Fsp3) is 0.269. The van der Waals surface area contributed by atoms with Gasteiger partial charge in [0.05, 0.1) is 19.9 Å². The lowest BCUT2D eigenvalue weighted by atomic mass is 10.1. The first-order valence-electron chi connectivity index (χ1n) is 10.9. The van der Waals surface area contributed by atoms with Crippen molar-refractivity contribution >= 4 is 17.2 Å². The Morgan fingerprint density at radius 1 is 1.03 bits per heavy atom. The van der Waals surface area contributed by atoms with Crippen LogP contribution in [0.4, 0.5) is 10.1 Å². The van der Waals surface area contributed by atoms with E-state index in [4.69, 9.17) is 19.6 Å². The topological polar surface area (TPSA) is 77.8 Å². The average Bonchev–Trinajstić information content (AvgIpc) is 3.25. The number of rotatable bonds is 7. The third-order valence-electron chi connectivity index (χ3n) is 5.87. The summed E-state index contributed by atoms with van der Waals surface area (Å²) in [6, 6.07) is 12.2. The second-order valence-electron chi connectivity index (χ2n) is 8.17. The van der Waals surface area contributed by atoms with Gasteiger partial charge in [0, 0.05) is 41.2 Å². The first-order valence-corrected chi connectivity index (χ1v) is 10.9. The van der Waals surface area contributed by atoms with Crippen molar-refractivity contribution in [1.29, 1.82) is 0 Å². The molecule has 0 aliphatic heterocycles. The standard InChI is InChI=1S/C26H27FN4O3/c1-15-6-7-19(12-23(15)27)29-26(32)9-8-22-16(2)28-25-14-24(30-31(25)17(22)3)18-10-20(33-4)13-21(11-18)34-5/h6-7,10-14H,8-9H2,1-5H3,(H,29,32). The second kappa shape index (κ2) is 9.51. The SMILES string of the molecule is COc1cc(OC)cc(-c2cc3nc(C)c(CCC(=O)Nc4ccc(C)c(F)c4)c(C)n3n2)c1. The summed E-state index contributed by atoms with van der Waals surface area (Å²) in [4.78, 5) is 17.2. The molecule has 2 heterocycles. The molecule has 0 spiro atoms. The maximum Gasteiger partial charge on any atom is 0.224 e. The molecule has 2 aromatic heterocycles. The van der Waals surface area contributed by atoms with E-state index >= 15 is 0 Å². The number of methoxy groups -OCH3 is 2. The molecule has 2 aromatic carbocycles. The van der Waals surface area contributed by atoms with Gasteiger partial charge in [-0.15, -0.1) is 0 Å². The first-order chi connectivity index (χ1) is 16.3. The molecule has 0 bridgehead atoms. The Bertz CT molecular complexity index is 1360. The minimum Gasteiger partial charge on any atom is -0.497 e. The molecule has 34 heavy (non-hydrogen) atoms. The van der Waals surface area contributed by atoms with Gasteiger partial charge in [0.2, 0.25) is 5.91 Å². The smallest absolute Gasteiger partial charge is 0.224 e. The number of hydrogen-bond donors (Lipinski definition) is 1. The third kappa shape index (κ3) is 4.71. The van der Waals surface area contributed by atoms with Gasteiger partial charge in [-0.05, 0) is 62.6 Å². The minimum absolute atomic E-state index is 0.188. The molecule has 4 rings (SSSR count). The molecule has 1 N–H and O–H groups in total.